The fourth-order valence-corrected chi connectivity index (χ4v) is 1.82. The van der Waals surface area contributed by atoms with E-state index < -0.39 is 4.92 Å². The maximum Gasteiger partial charge on any atom is 0.287 e. The Kier molecular flexibility index (Phi) is 5.72. The van der Waals surface area contributed by atoms with Crippen LogP contribution >= 0.6 is 11.6 Å². The Morgan fingerprint density at radius 2 is 2.21 bits per heavy atom. The predicted molar refractivity (Wildman–Crippen MR) is 71.6 cm³/mol. The summed E-state index contributed by atoms with van der Waals surface area (Å²) in [4.78, 5) is 23.8. The van der Waals surface area contributed by atoms with Crippen LogP contribution in [0.2, 0.25) is 5.02 Å². The van der Waals surface area contributed by atoms with Gasteiger partial charge in [-0.25, -0.2) is 0 Å². The van der Waals surface area contributed by atoms with Crippen LogP contribution in [0.1, 0.15) is 17.3 Å². The lowest BCUT2D eigenvalue weighted by molar-refractivity contribution is -0.384. The number of benzene rings is 1. The molecule has 0 unspecified atom stereocenters. The monoisotopic (exact) mass is 286 g/mol. The maximum absolute atomic E-state index is 12.2. The fraction of sp³-hybridized carbons (Fsp3) is 0.417. The van der Waals surface area contributed by atoms with Crippen molar-refractivity contribution in [2.75, 3.05) is 26.8 Å². The number of amides is 1. The van der Waals surface area contributed by atoms with Crippen LogP contribution in [0.25, 0.3) is 0 Å². The first-order valence-electron chi connectivity index (χ1n) is 5.73. The lowest BCUT2D eigenvalue weighted by atomic mass is 10.2. The van der Waals surface area contributed by atoms with Crippen LogP contribution in [-0.2, 0) is 4.74 Å². The first kappa shape index (κ1) is 15.4. The molecule has 0 bridgehead atoms. The lowest BCUT2D eigenvalue weighted by Crippen LogP contribution is -2.33. The van der Waals surface area contributed by atoms with Gasteiger partial charge in [-0.15, -0.1) is 0 Å². The van der Waals surface area contributed by atoms with Gasteiger partial charge in [-0.2, -0.15) is 0 Å². The minimum Gasteiger partial charge on any atom is -0.383 e. The molecular weight excluding hydrogens is 272 g/mol. The molecule has 0 radical (unpaired) electrons. The van der Waals surface area contributed by atoms with Crippen molar-refractivity contribution in [2.45, 2.75) is 6.92 Å². The molecule has 0 saturated carbocycles. The van der Waals surface area contributed by atoms with Gasteiger partial charge >= 0.3 is 0 Å². The number of rotatable bonds is 6. The van der Waals surface area contributed by atoms with Gasteiger partial charge in [-0.3, -0.25) is 14.9 Å². The molecule has 7 heteroatoms. The van der Waals surface area contributed by atoms with Gasteiger partial charge in [0.15, 0.2) is 0 Å². The summed E-state index contributed by atoms with van der Waals surface area (Å²) in [7, 11) is 1.56. The van der Waals surface area contributed by atoms with Crippen molar-refractivity contribution >= 4 is 23.2 Å². The van der Waals surface area contributed by atoms with Gasteiger partial charge in [-0.1, -0.05) is 11.6 Å². The van der Waals surface area contributed by atoms with Crippen LogP contribution in [0.3, 0.4) is 0 Å². The zero-order valence-corrected chi connectivity index (χ0v) is 11.5. The third-order valence-electron chi connectivity index (χ3n) is 2.63. The summed E-state index contributed by atoms with van der Waals surface area (Å²) < 4.78 is 4.93. The van der Waals surface area contributed by atoms with E-state index in [9.17, 15) is 14.9 Å². The van der Waals surface area contributed by atoms with Crippen molar-refractivity contribution in [3.05, 3.63) is 38.9 Å². The Morgan fingerprint density at radius 1 is 1.53 bits per heavy atom. The number of methoxy groups -OCH3 is 1. The predicted octanol–water partition coefficient (Wildman–Crippen LogP) is 2.36. The summed E-state index contributed by atoms with van der Waals surface area (Å²) in [5, 5.41) is 10.6. The molecule has 0 atom stereocenters. The van der Waals surface area contributed by atoms with Crippen LogP contribution in [0.5, 0.6) is 0 Å². The van der Waals surface area contributed by atoms with Crippen molar-refractivity contribution in [1.29, 1.82) is 0 Å². The van der Waals surface area contributed by atoms with Gasteiger partial charge in [0.2, 0.25) is 0 Å². The van der Waals surface area contributed by atoms with Crippen LogP contribution in [0, 0.1) is 10.1 Å². The molecule has 6 nitrogen and oxygen atoms in total. The first-order chi connectivity index (χ1) is 9.01. The van der Waals surface area contributed by atoms with Gasteiger partial charge in [-0.05, 0) is 19.1 Å². The average Bonchev–Trinajstić information content (AvgIpc) is 2.38. The number of carbonyl (C=O) groups is 1. The zero-order valence-electron chi connectivity index (χ0n) is 10.8. The third-order valence-corrected chi connectivity index (χ3v) is 2.93. The molecule has 0 aromatic heterocycles. The average molecular weight is 287 g/mol. The summed E-state index contributed by atoms with van der Waals surface area (Å²) >= 11 is 5.78. The Hall–Kier alpha value is -1.66. The van der Waals surface area contributed by atoms with E-state index in [1.54, 1.807) is 12.0 Å². The number of nitro benzene ring substituents is 1. The standard InChI is InChI=1S/C12H15ClN2O4/c1-3-14(6-7-19-2)12(16)9-4-5-11(15(17)18)10(13)8-9/h4-5,8H,3,6-7H2,1-2H3. The van der Waals surface area contributed by atoms with E-state index in [4.69, 9.17) is 16.3 Å². The van der Waals surface area contributed by atoms with Gasteiger partial charge in [0.1, 0.15) is 5.02 Å². The highest BCUT2D eigenvalue weighted by Gasteiger charge is 2.18. The topological polar surface area (TPSA) is 72.7 Å². The minimum absolute atomic E-state index is 0.0429. The molecule has 1 amide bonds. The largest absolute Gasteiger partial charge is 0.383 e. The van der Waals surface area contributed by atoms with E-state index in [1.807, 2.05) is 6.92 Å². The van der Waals surface area contributed by atoms with Gasteiger partial charge in [0, 0.05) is 31.8 Å². The number of ether oxygens (including phenoxy) is 1. The summed E-state index contributed by atoms with van der Waals surface area (Å²) in [6.45, 7) is 3.26. The highest BCUT2D eigenvalue weighted by atomic mass is 35.5. The van der Waals surface area contributed by atoms with Crippen molar-refractivity contribution in [3.63, 3.8) is 0 Å². The quantitative estimate of drug-likeness (QED) is 0.594. The van der Waals surface area contributed by atoms with Crippen molar-refractivity contribution in [1.82, 2.24) is 4.90 Å². The highest BCUT2D eigenvalue weighted by Crippen LogP contribution is 2.25. The second-order valence-corrected chi connectivity index (χ2v) is 4.21. The number of nitrogens with zero attached hydrogens (tertiary/aromatic N) is 2. The molecule has 0 saturated heterocycles. The van der Waals surface area contributed by atoms with Crippen LogP contribution in [-0.4, -0.2) is 42.5 Å². The smallest absolute Gasteiger partial charge is 0.287 e. The second kappa shape index (κ2) is 7.06. The summed E-state index contributed by atoms with van der Waals surface area (Å²) in [6.07, 6.45) is 0. The molecule has 0 fully saturated rings. The number of hydrogen-bond acceptors (Lipinski definition) is 4. The second-order valence-electron chi connectivity index (χ2n) is 3.80. The van der Waals surface area contributed by atoms with Crippen LogP contribution < -0.4 is 0 Å². The van der Waals surface area contributed by atoms with E-state index in [0.717, 1.165) is 0 Å². The Labute approximate surface area is 116 Å². The molecule has 1 aromatic rings. The highest BCUT2D eigenvalue weighted by molar-refractivity contribution is 6.33. The molecule has 0 aliphatic rings. The summed E-state index contributed by atoms with van der Waals surface area (Å²) in [5.74, 6) is -0.226. The zero-order chi connectivity index (χ0) is 14.4. The third kappa shape index (κ3) is 3.90. The van der Waals surface area contributed by atoms with Crippen molar-refractivity contribution < 1.29 is 14.5 Å². The molecule has 19 heavy (non-hydrogen) atoms. The molecule has 1 rings (SSSR count). The minimum atomic E-state index is -0.584. The van der Waals surface area contributed by atoms with Crippen LogP contribution in [0.15, 0.2) is 18.2 Å². The van der Waals surface area contributed by atoms with E-state index in [1.165, 1.54) is 18.2 Å². The fourth-order valence-electron chi connectivity index (χ4n) is 1.58. The molecule has 0 heterocycles. The summed E-state index contributed by atoms with van der Waals surface area (Å²) in [5.41, 5.74) is 0.117. The number of likely N-dealkylation sites (N-methyl/N-ethyl adjacent to an activating group) is 1. The number of halogens is 1. The number of carbonyl (C=O) groups excluding carboxylic acids is 1. The number of nitro groups is 1. The SMILES string of the molecule is CCN(CCOC)C(=O)c1ccc([N+](=O)[O-])c(Cl)c1. The Morgan fingerprint density at radius 3 is 2.68 bits per heavy atom. The van der Waals surface area contributed by atoms with Crippen molar-refractivity contribution in [3.8, 4) is 0 Å². The van der Waals surface area contributed by atoms with Gasteiger partial charge in [0.05, 0.1) is 11.5 Å². The lowest BCUT2D eigenvalue weighted by Gasteiger charge is -2.20. The molecule has 0 aliphatic carbocycles. The molecule has 0 spiro atoms. The van der Waals surface area contributed by atoms with Crippen molar-refractivity contribution in [2.24, 2.45) is 0 Å². The molecule has 0 N–H and O–H groups in total. The first-order valence-corrected chi connectivity index (χ1v) is 6.11. The summed E-state index contributed by atoms with van der Waals surface area (Å²) in [6, 6.07) is 3.96. The molecule has 0 aliphatic heterocycles. The Bertz CT molecular complexity index is 479. The van der Waals surface area contributed by atoms with Gasteiger partial charge < -0.3 is 9.64 Å². The molecule has 104 valence electrons. The number of hydrogen-bond donors (Lipinski definition) is 0. The van der Waals surface area contributed by atoms with E-state index >= 15 is 0 Å². The van der Waals surface area contributed by atoms with E-state index in [0.29, 0.717) is 25.3 Å². The van der Waals surface area contributed by atoms with Crippen LogP contribution in [0.4, 0.5) is 5.69 Å². The van der Waals surface area contributed by atoms with Gasteiger partial charge in [0.25, 0.3) is 11.6 Å². The van der Waals surface area contributed by atoms with E-state index in [2.05, 4.69) is 0 Å². The molecular formula is C12H15ClN2O4. The van der Waals surface area contributed by atoms with E-state index in [-0.39, 0.29) is 16.6 Å². The molecule has 1 aromatic carbocycles. The maximum atomic E-state index is 12.2. The Balaban J connectivity index is 2.93. The normalized spacial score (nSPS) is 10.3.